The second-order valence-corrected chi connectivity index (χ2v) is 4.07. The third-order valence-electron chi connectivity index (χ3n) is 2.28. The number of nitrogens with zero attached hydrogens (tertiary/aromatic N) is 2. The maximum Gasteiger partial charge on any atom is 0.115 e. The summed E-state index contributed by atoms with van der Waals surface area (Å²) in [5.74, 6) is 0.757. The molecule has 0 amide bonds. The summed E-state index contributed by atoms with van der Waals surface area (Å²) in [6.45, 7) is 4.46. The van der Waals surface area contributed by atoms with Crippen molar-refractivity contribution in [2.45, 2.75) is 39.2 Å². The van der Waals surface area contributed by atoms with Gasteiger partial charge in [0.1, 0.15) is 6.33 Å². The molecule has 0 saturated heterocycles. The first-order chi connectivity index (χ1) is 6.70. The van der Waals surface area contributed by atoms with Gasteiger partial charge in [0.2, 0.25) is 0 Å². The number of aromatic nitrogens is 2. The van der Waals surface area contributed by atoms with Gasteiger partial charge in [-0.05, 0) is 18.4 Å². The van der Waals surface area contributed by atoms with Crippen molar-refractivity contribution in [3.63, 3.8) is 0 Å². The van der Waals surface area contributed by atoms with Crippen LogP contribution in [0.3, 0.4) is 0 Å². The van der Waals surface area contributed by atoms with Crippen LogP contribution in [-0.4, -0.2) is 9.97 Å². The van der Waals surface area contributed by atoms with Crippen LogP contribution in [0.15, 0.2) is 18.6 Å². The molecule has 2 N–H and O–H groups in total. The quantitative estimate of drug-likeness (QED) is 0.780. The smallest absolute Gasteiger partial charge is 0.115 e. The molecular formula is C11H19N3. The topological polar surface area (TPSA) is 51.8 Å². The minimum atomic E-state index is 0.0664. The van der Waals surface area contributed by atoms with E-state index in [1.807, 2.05) is 6.07 Å². The molecule has 14 heavy (non-hydrogen) atoms. The van der Waals surface area contributed by atoms with Crippen LogP contribution in [0.1, 0.15) is 44.8 Å². The molecule has 1 atom stereocenters. The average Bonchev–Trinajstić information content (AvgIpc) is 2.18. The fraction of sp³-hybridized carbons (Fsp3) is 0.636. The zero-order valence-electron chi connectivity index (χ0n) is 8.98. The van der Waals surface area contributed by atoms with Gasteiger partial charge in [0.05, 0.1) is 5.69 Å². The number of hydrogen-bond donors (Lipinski definition) is 1. The van der Waals surface area contributed by atoms with Gasteiger partial charge in [-0.15, -0.1) is 0 Å². The minimum absolute atomic E-state index is 0.0664. The summed E-state index contributed by atoms with van der Waals surface area (Å²) in [4.78, 5) is 8.01. The van der Waals surface area contributed by atoms with E-state index in [2.05, 4.69) is 23.8 Å². The molecule has 0 spiro atoms. The minimum Gasteiger partial charge on any atom is -0.323 e. The zero-order chi connectivity index (χ0) is 10.4. The SMILES string of the molecule is CC(C)CCCC(N)c1ccncn1. The second-order valence-electron chi connectivity index (χ2n) is 4.07. The summed E-state index contributed by atoms with van der Waals surface area (Å²) in [7, 11) is 0. The van der Waals surface area contributed by atoms with E-state index in [0.717, 1.165) is 18.0 Å². The maximum atomic E-state index is 5.99. The van der Waals surface area contributed by atoms with Crippen LogP contribution in [-0.2, 0) is 0 Å². The highest BCUT2D eigenvalue weighted by Crippen LogP contribution is 2.15. The van der Waals surface area contributed by atoms with Gasteiger partial charge < -0.3 is 5.73 Å². The van der Waals surface area contributed by atoms with E-state index in [-0.39, 0.29) is 6.04 Å². The molecule has 0 saturated carbocycles. The van der Waals surface area contributed by atoms with Gasteiger partial charge in [0.15, 0.2) is 0 Å². The Labute approximate surface area is 85.8 Å². The highest BCUT2D eigenvalue weighted by molar-refractivity contribution is 5.03. The van der Waals surface area contributed by atoms with Gasteiger partial charge >= 0.3 is 0 Å². The zero-order valence-corrected chi connectivity index (χ0v) is 8.98. The fourth-order valence-corrected chi connectivity index (χ4v) is 1.41. The molecule has 3 heteroatoms. The van der Waals surface area contributed by atoms with Crippen LogP contribution in [0.4, 0.5) is 0 Å². The van der Waals surface area contributed by atoms with Crippen molar-refractivity contribution in [1.29, 1.82) is 0 Å². The Balaban J connectivity index is 2.32. The lowest BCUT2D eigenvalue weighted by molar-refractivity contribution is 0.501. The van der Waals surface area contributed by atoms with Crippen molar-refractivity contribution in [3.05, 3.63) is 24.3 Å². The molecular weight excluding hydrogens is 174 g/mol. The largest absolute Gasteiger partial charge is 0.323 e. The van der Waals surface area contributed by atoms with Crippen molar-refractivity contribution in [3.8, 4) is 0 Å². The van der Waals surface area contributed by atoms with E-state index < -0.39 is 0 Å². The molecule has 0 aliphatic rings. The van der Waals surface area contributed by atoms with Crippen molar-refractivity contribution < 1.29 is 0 Å². The highest BCUT2D eigenvalue weighted by atomic mass is 14.8. The number of hydrogen-bond acceptors (Lipinski definition) is 3. The maximum absolute atomic E-state index is 5.99. The van der Waals surface area contributed by atoms with Crippen LogP contribution in [0.2, 0.25) is 0 Å². The Hall–Kier alpha value is -0.960. The first kappa shape index (κ1) is 11.1. The Morgan fingerprint density at radius 3 is 2.71 bits per heavy atom. The van der Waals surface area contributed by atoms with Gasteiger partial charge in [0, 0.05) is 12.2 Å². The number of nitrogens with two attached hydrogens (primary N) is 1. The molecule has 3 nitrogen and oxygen atoms in total. The summed E-state index contributed by atoms with van der Waals surface area (Å²) in [6.07, 6.45) is 6.71. The third kappa shape index (κ3) is 3.83. The first-order valence-electron chi connectivity index (χ1n) is 5.21. The molecule has 0 aliphatic carbocycles. The molecule has 0 fully saturated rings. The van der Waals surface area contributed by atoms with Crippen LogP contribution >= 0.6 is 0 Å². The molecule has 1 unspecified atom stereocenters. The summed E-state index contributed by atoms with van der Waals surface area (Å²) in [6, 6.07) is 1.96. The molecule has 78 valence electrons. The molecule has 1 heterocycles. The predicted octanol–water partition coefficient (Wildman–Crippen LogP) is 2.30. The van der Waals surface area contributed by atoms with Crippen molar-refractivity contribution >= 4 is 0 Å². The lowest BCUT2D eigenvalue weighted by Crippen LogP contribution is -2.12. The molecule has 0 aliphatic heterocycles. The van der Waals surface area contributed by atoms with Gasteiger partial charge in [-0.25, -0.2) is 9.97 Å². The summed E-state index contributed by atoms with van der Waals surface area (Å²) >= 11 is 0. The lowest BCUT2D eigenvalue weighted by atomic mass is 10.0. The molecule has 1 aromatic rings. The number of rotatable bonds is 5. The average molecular weight is 193 g/mol. The molecule has 1 aromatic heterocycles. The van der Waals surface area contributed by atoms with Crippen molar-refractivity contribution in [2.75, 3.05) is 0 Å². The van der Waals surface area contributed by atoms with Gasteiger partial charge in [-0.1, -0.05) is 26.7 Å². The molecule has 0 bridgehead atoms. The molecule has 1 rings (SSSR count). The Morgan fingerprint density at radius 2 is 2.14 bits per heavy atom. The summed E-state index contributed by atoms with van der Waals surface area (Å²) in [5, 5.41) is 0. The van der Waals surface area contributed by atoms with E-state index >= 15 is 0 Å². The van der Waals surface area contributed by atoms with Crippen LogP contribution < -0.4 is 5.73 Å². The highest BCUT2D eigenvalue weighted by Gasteiger charge is 2.06. The summed E-state index contributed by atoms with van der Waals surface area (Å²) < 4.78 is 0. The molecule has 0 aromatic carbocycles. The van der Waals surface area contributed by atoms with Crippen molar-refractivity contribution in [2.24, 2.45) is 11.7 Å². The standard InChI is InChI=1S/C11H19N3/c1-9(2)4-3-5-10(12)11-6-7-13-8-14-11/h6-10H,3-5,12H2,1-2H3. The third-order valence-corrected chi connectivity index (χ3v) is 2.28. The van der Waals surface area contributed by atoms with Crippen LogP contribution in [0, 0.1) is 5.92 Å². The second kappa shape index (κ2) is 5.70. The monoisotopic (exact) mass is 193 g/mol. The van der Waals surface area contributed by atoms with Crippen LogP contribution in [0.25, 0.3) is 0 Å². The molecule has 0 radical (unpaired) electrons. The van der Waals surface area contributed by atoms with E-state index in [0.29, 0.717) is 0 Å². The predicted molar refractivity (Wildman–Crippen MR) is 57.6 cm³/mol. The normalized spacial score (nSPS) is 13.1. The van der Waals surface area contributed by atoms with Gasteiger partial charge in [0.25, 0.3) is 0 Å². The Bertz CT molecular complexity index is 246. The summed E-state index contributed by atoms with van der Waals surface area (Å²) in [5.41, 5.74) is 6.94. The fourth-order valence-electron chi connectivity index (χ4n) is 1.41. The van der Waals surface area contributed by atoms with Gasteiger partial charge in [-0.2, -0.15) is 0 Å². The Morgan fingerprint density at radius 1 is 1.36 bits per heavy atom. The van der Waals surface area contributed by atoms with E-state index in [1.54, 1.807) is 12.5 Å². The van der Waals surface area contributed by atoms with Crippen LogP contribution in [0.5, 0.6) is 0 Å². The van der Waals surface area contributed by atoms with Gasteiger partial charge in [-0.3, -0.25) is 0 Å². The Kier molecular flexibility index (Phi) is 4.53. The lowest BCUT2D eigenvalue weighted by Gasteiger charge is -2.11. The van der Waals surface area contributed by atoms with E-state index in [1.165, 1.54) is 12.8 Å². The van der Waals surface area contributed by atoms with E-state index in [9.17, 15) is 0 Å². The first-order valence-corrected chi connectivity index (χ1v) is 5.21. The van der Waals surface area contributed by atoms with Crippen molar-refractivity contribution in [1.82, 2.24) is 9.97 Å². The van der Waals surface area contributed by atoms with E-state index in [4.69, 9.17) is 5.73 Å².